The fraction of sp³-hybridized carbons (Fsp3) is 0.571. The number of aliphatic hydroxyl groups excluding tert-OH is 1. The fourth-order valence-corrected chi connectivity index (χ4v) is 3.62. The minimum absolute atomic E-state index is 0.0711. The third kappa shape index (κ3) is 4.16. The molecule has 0 aromatic heterocycles. The van der Waals surface area contributed by atoms with Crippen LogP contribution >= 0.6 is 0 Å². The zero-order valence-electron chi connectivity index (χ0n) is 12.1. The Morgan fingerprint density at radius 3 is 2.71 bits per heavy atom. The monoisotopic (exact) mass is 315 g/mol. The second-order valence-electron chi connectivity index (χ2n) is 4.94. The van der Waals surface area contributed by atoms with E-state index in [-0.39, 0.29) is 17.6 Å². The van der Waals surface area contributed by atoms with Gasteiger partial charge in [-0.1, -0.05) is 0 Å². The number of ether oxygens (including phenoxy) is 2. The van der Waals surface area contributed by atoms with Crippen molar-refractivity contribution < 1.29 is 23.0 Å². The topological polar surface area (TPSA) is 76.1 Å². The Kier molecular flexibility index (Phi) is 5.58. The Bertz CT molecular complexity index is 543. The van der Waals surface area contributed by atoms with Crippen LogP contribution in [-0.2, 0) is 14.8 Å². The van der Waals surface area contributed by atoms with Crippen molar-refractivity contribution in [2.24, 2.45) is 0 Å². The van der Waals surface area contributed by atoms with Crippen LogP contribution in [0.4, 0.5) is 0 Å². The van der Waals surface area contributed by atoms with E-state index in [4.69, 9.17) is 14.6 Å². The second kappa shape index (κ2) is 7.22. The average molecular weight is 315 g/mol. The van der Waals surface area contributed by atoms with Gasteiger partial charge >= 0.3 is 0 Å². The van der Waals surface area contributed by atoms with E-state index in [1.54, 1.807) is 24.3 Å². The standard InChI is InChI=1S/C14H21NO5S/c1-12-11-15(7-10-19-12)21(17,18)14-5-3-13(4-6-14)20-9-2-8-16/h3-6,12,16H,2,7-11H2,1H3. The van der Waals surface area contributed by atoms with Crippen molar-refractivity contribution in [3.63, 3.8) is 0 Å². The minimum Gasteiger partial charge on any atom is -0.494 e. The Morgan fingerprint density at radius 1 is 1.38 bits per heavy atom. The predicted octanol–water partition coefficient (Wildman–Crippen LogP) is 0.857. The van der Waals surface area contributed by atoms with E-state index in [1.807, 2.05) is 6.92 Å². The fourth-order valence-electron chi connectivity index (χ4n) is 2.12. The van der Waals surface area contributed by atoms with Crippen LogP contribution in [0.2, 0.25) is 0 Å². The van der Waals surface area contributed by atoms with Gasteiger partial charge in [-0.3, -0.25) is 0 Å². The van der Waals surface area contributed by atoms with Gasteiger partial charge in [-0.25, -0.2) is 8.42 Å². The third-order valence-corrected chi connectivity index (χ3v) is 5.12. The first-order chi connectivity index (χ1) is 10.0. The van der Waals surface area contributed by atoms with E-state index in [0.29, 0.717) is 38.5 Å². The Balaban J connectivity index is 2.06. The molecule has 6 nitrogen and oxygen atoms in total. The van der Waals surface area contributed by atoms with Crippen molar-refractivity contribution >= 4 is 10.0 Å². The molecule has 1 fully saturated rings. The molecule has 0 saturated carbocycles. The lowest BCUT2D eigenvalue weighted by Gasteiger charge is -2.30. The van der Waals surface area contributed by atoms with Gasteiger partial charge in [-0.05, 0) is 31.2 Å². The molecule has 1 aliphatic rings. The maximum atomic E-state index is 12.5. The number of benzene rings is 1. The summed E-state index contributed by atoms with van der Waals surface area (Å²) in [5.41, 5.74) is 0. The van der Waals surface area contributed by atoms with Crippen LogP contribution in [0.25, 0.3) is 0 Å². The smallest absolute Gasteiger partial charge is 0.243 e. The number of aliphatic hydroxyl groups is 1. The molecule has 7 heteroatoms. The molecule has 21 heavy (non-hydrogen) atoms. The Labute approximate surface area is 125 Å². The molecular formula is C14H21NO5S. The van der Waals surface area contributed by atoms with Crippen molar-refractivity contribution in [2.45, 2.75) is 24.3 Å². The summed E-state index contributed by atoms with van der Waals surface area (Å²) < 4.78 is 37.2. The largest absolute Gasteiger partial charge is 0.494 e. The third-order valence-electron chi connectivity index (χ3n) is 3.24. The summed E-state index contributed by atoms with van der Waals surface area (Å²) in [6, 6.07) is 6.36. The lowest BCUT2D eigenvalue weighted by atomic mass is 10.3. The van der Waals surface area contributed by atoms with Gasteiger partial charge < -0.3 is 14.6 Å². The molecule has 118 valence electrons. The molecule has 2 rings (SSSR count). The highest BCUT2D eigenvalue weighted by atomic mass is 32.2. The van der Waals surface area contributed by atoms with E-state index in [2.05, 4.69) is 0 Å². The van der Waals surface area contributed by atoms with Crippen LogP contribution in [0.1, 0.15) is 13.3 Å². The van der Waals surface area contributed by atoms with Crippen molar-refractivity contribution in [2.75, 3.05) is 32.9 Å². The molecule has 1 saturated heterocycles. The number of nitrogens with zero attached hydrogens (tertiary/aromatic N) is 1. The summed E-state index contributed by atoms with van der Waals surface area (Å²) in [6.45, 7) is 3.51. The second-order valence-corrected chi connectivity index (χ2v) is 6.88. The quantitative estimate of drug-likeness (QED) is 0.788. The lowest BCUT2D eigenvalue weighted by molar-refractivity contribution is 0.0102. The van der Waals surface area contributed by atoms with Crippen LogP contribution < -0.4 is 4.74 Å². The predicted molar refractivity (Wildman–Crippen MR) is 77.8 cm³/mol. The average Bonchev–Trinajstić information content (AvgIpc) is 2.48. The van der Waals surface area contributed by atoms with Crippen LogP contribution in [0.15, 0.2) is 29.2 Å². The van der Waals surface area contributed by atoms with Gasteiger partial charge in [0.2, 0.25) is 10.0 Å². The Morgan fingerprint density at radius 2 is 2.10 bits per heavy atom. The zero-order valence-corrected chi connectivity index (χ0v) is 12.9. The molecule has 1 aromatic carbocycles. The minimum atomic E-state index is -3.48. The molecule has 1 unspecified atom stereocenters. The van der Waals surface area contributed by atoms with E-state index >= 15 is 0 Å². The molecule has 0 bridgehead atoms. The van der Waals surface area contributed by atoms with Gasteiger partial charge in [0, 0.05) is 26.1 Å². The highest BCUT2D eigenvalue weighted by molar-refractivity contribution is 7.89. The first-order valence-electron chi connectivity index (χ1n) is 6.99. The number of rotatable bonds is 6. The molecule has 0 spiro atoms. The van der Waals surface area contributed by atoms with E-state index in [0.717, 1.165) is 0 Å². The summed E-state index contributed by atoms with van der Waals surface area (Å²) in [7, 11) is -3.48. The van der Waals surface area contributed by atoms with E-state index in [1.165, 1.54) is 4.31 Å². The molecule has 1 heterocycles. The molecular weight excluding hydrogens is 294 g/mol. The van der Waals surface area contributed by atoms with Crippen molar-refractivity contribution in [1.29, 1.82) is 0 Å². The summed E-state index contributed by atoms with van der Waals surface area (Å²) >= 11 is 0. The van der Waals surface area contributed by atoms with Gasteiger partial charge in [-0.2, -0.15) is 4.31 Å². The SMILES string of the molecule is CC1CN(S(=O)(=O)c2ccc(OCCCO)cc2)CCO1. The molecule has 0 amide bonds. The van der Waals surface area contributed by atoms with Crippen molar-refractivity contribution in [3.8, 4) is 5.75 Å². The van der Waals surface area contributed by atoms with Crippen molar-refractivity contribution in [1.82, 2.24) is 4.31 Å². The first kappa shape index (κ1) is 16.2. The maximum Gasteiger partial charge on any atom is 0.243 e. The normalized spacial score (nSPS) is 20.4. The van der Waals surface area contributed by atoms with Crippen molar-refractivity contribution in [3.05, 3.63) is 24.3 Å². The summed E-state index contributed by atoms with van der Waals surface area (Å²) in [5.74, 6) is 0.595. The number of morpholine rings is 1. The molecule has 1 aliphatic heterocycles. The number of sulfonamides is 1. The van der Waals surface area contributed by atoms with Crippen LogP contribution in [0, 0.1) is 0 Å². The number of hydrogen-bond acceptors (Lipinski definition) is 5. The first-order valence-corrected chi connectivity index (χ1v) is 8.43. The van der Waals surface area contributed by atoms with Crippen LogP contribution in [0.5, 0.6) is 5.75 Å². The van der Waals surface area contributed by atoms with Gasteiger partial charge in [0.1, 0.15) is 5.75 Å². The molecule has 1 atom stereocenters. The van der Waals surface area contributed by atoms with E-state index in [9.17, 15) is 8.42 Å². The molecule has 1 N–H and O–H groups in total. The molecule has 0 aliphatic carbocycles. The zero-order chi connectivity index (χ0) is 15.3. The van der Waals surface area contributed by atoms with Crippen LogP contribution in [0.3, 0.4) is 0 Å². The highest BCUT2D eigenvalue weighted by Crippen LogP contribution is 2.21. The molecule has 0 radical (unpaired) electrons. The summed E-state index contributed by atoms with van der Waals surface area (Å²) in [4.78, 5) is 0.256. The van der Waals surface area contributed by atoms with Crippen LogP contribution in [-0.4, -0.2) is 56.8 Å². The highest BCUT2D eigenvalue weighted by Gasteiger charge is 2.28. The van der Waals surface area contributed by atoms with Gasteiger partial charge in [0.25, 0.3) is 0 Å². The number of hydrogen-bond donors (Lipinski definition) is 1. The Hall–Kier alpha value is -1.15. The van der Waals surface area contributed by atoms with Gasteiger partial charge in [0.15, 0.2) is 0 Å². The van der Waals surface area contributed by atoms with Gasteiger partial charge in [0.05, 0.1) is 24.2 Å². The van der Waals surface area contributed by atoms with Gasteiger partial charge in [-0.15, -0.1) is 0 Å². The molecule has 1 aromatic rings. The summed E-state index contributed by atoms with van der Waals surface area (Å²) in [5, 5.41) is 8.69. The summed E-state index contributed by atoms with van der Waals surface area (Å²) in [6.07, 6.45) is 0.459. The lowest BCUT2D eigenvalue weighted by Crippen LogP contribution is -2.44. The van der Waals surface area contributed by atoms with E-state index < -0.39 is 10.0 Å². The maximum absolute atomic E-state index is 12.5.